The van der Waals surface area contributed by atoms with Crippen LogP contribution in [0.2, 0.25) is 5.02 Å². The lowest BCUT2D eigenvalue weighted by molar-refractivity contribution is -0.141. The molecule has 0 atom stereocenters. The Labute approximate surface area is 171 Å². The summed E-state index contributed by atoms with van der Waals surface area (Å²) in [6, 6.07) is 11.3. The van der Waals surface area contributed by atoms with Crippen molar-refractivity contribution in [3.63, 3.8) is 0 Å². The SMILES string of the molecule is COC(=O)Cn1c(=NC(=O)/C=C/c2ccccc2Cl)sc2c(C)cc(C)cc21. The fraction of sp³-hybridized carbons (Fsp3) is 0.190. The average Bonchev–Trinajstić information content (AvgIpc) is 2.98. The van der Waals surface area contributed by atoms with E-state index in [9.17, 15) is 9.59 Å². The predicted octanol–water partition coefficient (Wildman–Crippen LogP) is 4.29. The molecule has 0 saturated carbocycles. The van der Waals surface area contributed by atoms with Crippen LogP contribution in [0.3, 0.4) is 0 Å². The normalized spacial score (nSPS) is 12.1. The van der Waals surface area contributed by atoms with Crippen LogP contribution in [0.4, 0.5) is 0 Å². The molecule has 0 spiro atoms. The van der Waals surface area contributed by atoms with Gasteiger partial charge >= 0.3 is 5.97 Å². The van der Waals surface area contributed by atoms with Crippen molar-refractivity contribution < 1.29 is 14.3 Å². The molecule has 0 radical (unpaired) electrons. The summed E-state index contributed by atoms with van der Waals surface area (Å²) < 4.78 is 7.50. The number of amides is 1. The number of esters is 1. The van der Waals surface area contributed by atoms with Crippen LogP contribution >= 0.6 is 22.9 Å². The lowest BCUT2D eigenvalue weighted by Crippen LogP contribution is -2.22. The number of benzene rings is 2. The number of methoxy groups -OCH3 is 1. The molecule has 1 heterocycles. The first kappa shape index (κ1) is 20.0. The van der Waals surface area contributed by atoms with E-state index in [0.29, 0.717) is 9.82 Å². The van der Waals surface area contributed by atoms with Gasteiger partial charge in [0.05, 0.1) is 17.3 Å². The molecule has 3 aromatic rings. The maximum Gasteiger partial charge on any atom is 0.325 e. The minimum Gasteiger partial charge on any atom is -0.468 e. The second-order valence-corrected chi connectivity index (χ2v) is 7.67. The van der Waals surface area contributed by atoms with Gasteiger partial charge in [-0.25, -0.2) is 0 Å². The first-order valence-corrected chi connectivity index (χ1v) is 9.77. The number of nitrogens with zero attached hydrogens (tertiary/aromatic N) is 2. The van der Waals surface area contributed by atoms with Gasteiger partial charge in [-0.05, 0) is 48.7 Å². The van der Waals surface area contributed by atoms with Gasteiger partial charge in [-0.1, -0.05) is 47.2 Å². The second-order valence-electron chi connectivity index (χ2n) is 6.28. The van der Waals surface area contributed by atoms with Crippen LogP contribution in [0.5, 0.6) is 0 Å². The molecule has 0 aliphatic heterocycles. The third-order valence-electron chi connectivity index (χ3n) is 4.15. The summed E-state index contributed by atoms with van der Waals surface area (Å²) in [5.74, 6) is -0.834. The summed E-state index contributed by atoms with van der Waals surface area (Å²) in [5, 5.41) is 0.556. The van der Waals surface area contributed by atoms with E-state index in [0.717, 1.165) is 26.9 Å². The standard InChI is InChI=1S/C21H19ClN2O3S/c1-13-10-14(2)20-17(11-13)24(12-19(26)27-3)21(28-20)23-18(25)9-8-15-6-4-5-7-16(15)22/h4-11H,12H2,1-3H3/b9-8+,23-21?. The molecule has 3 rings (SSSR count). The molecule has 0 fully saturated rings. The van der Waals surface area contributed by atoms with Gasteiger partial charge in [-0.2, -0.15) is 4.99 Å². The molecule has 2 aromatic carbocycles. The van der Waals surface area contributed by atoms with Crippen LogP contribution in [-0.2, 0) is 20.9 Å². The molecule has 5 nitrogen and oxygen atoms in total. The maximum atomic E-state index is 12.4. The third kappa shape index (κ3) is 4.40. The Kier molecular flexibility index (Phi) is 6.11. The number of aromatic nitrogens is 1. The lowest BCUT2D eigenvalue weighted by atomic mass is 10.1. The molecular formula is C21H19ClN2O3S. The molecule has 0 aliphatic rings. The molecule has 1 aromatic heterocycles. The van der Waals surface area contributed by atoms with Crippen LogP contribution in [0.25, 0.3) is 16.3 Å². The molecule has 0 bridgehead atoms. The molecule has 0 unspecified atom stereocenters. The summed E-state index contributed by atoms with van der Waals surface area (Å²) in [4.78, 5) is 29.0. The number of carbonyl (C=O) groups is 2. The van der Waals surface area contributed by atoms with Crippen molar-refractivity contribution in [3.8, 4) is 0 Å². The van der Waals surface area contributed by atoms with Gasteiger partial charge in [0.1, 0.15) is 6.54 Å². The van der Waals surface area contributed by atoms with E-state index in [1.165, 1.54) is 24.5 Å². The summed E-state index contributed by atoms with van der Waals surface area (Å²) >= 11 is 7.48. The Morgan fingerprint density at radius 1 is 1.25 bits per heavy atom. The minimum absolute atomic E-state index is 0.0142. The highest BCUT2D eigenvalue weighted by Crippen LogP contribution is 2.23. The number of aryl methyl sites for hydroxylation is 2. The highest BCUT2D eigenvalue weighted by atomic mass is 35.5. The number of halogens is 1. The first-order valence-electron chi connectivity index (χ1n) is 8.57. The zero-order chi connectivity index (χ0) is 20.3. The number of hydrogen-bond donors (Lipinski definition) is 0. The van der Waals surface area contributed by atoms with Gasteiger partial charge in [-0.15, -0.1) is 0 Å². The second kappa shape index (κ2) is 8.54. The van der Waals surface area contributed by atoms with Crippen LogP contribution < -0.4 is 4.80 Å². The minimum atomic E-state index is -0.431. The number of carbonyl (C=O) groups excluding carboxylic acids is 2. The van der Waals surface area contributed by atoms with E-state index in [1.807, 2.05) is 38.1 Å². The van der Waals surface area contributed by atoms with Crippen molar-refractivity contribution in [2.24, 2.45) is 4.99 Å². The van der Waals surface area contributed by atoms with Gasteiger partial charge in [0.2, 0.25) is 0 Å². The summed E-state index contributed by atoms with van der Waals surface area (Å²) in [6.45, 7) is 3.97. The third-order valence-corrected chi connectivity index (χ3v) is 5.72. The molecule has 0 N–H and O–H groups in total. The monoisotopic (exact) mass is 414 g/mol. The molecule has 1 amide bonds. The Hall–Kier alpha value is -2.70. The van der Waals surface area contributed by atoms with Gasteiger partial charge in [-0.3, -0.25) is 9.59 Å². The fourth-order valence-electron chi connectivity index (χ4n) is 2.85. The summed E-state index contributed by atoms with van der Waals surface area (Å²) in [7, 11) is 1.34. The smallest absolute Gasteiger partial charge is 0.325 e. The summed E-state index contributed by atoms with van der Waals surface area (Å²) in [5.41, 5.74) is 3.73. The first-order chi connectivity index (χ1) is 13.4. The quantitative estimate of drug-likeness (QED) is 0.472. The van der Waals surface area contributed by atoms with Crippen LogP contribution in [0.15, 0.2) is 47.5 Å². The van der Waals surface area contributed by atoms with E-state index < -0.39 is 11.9 Å². The number of thiazole rings is 1. The van der Waals surface area contributed by atoms with Crippen molar-refractivity contribution >= 4 is 51.1 Å². The number of ether oxygens (including phenoxy) is 1. The summed E-state index contributed by atoms with van der Waals surface area (Å²) in [6.07, 6.45) is 2.99. The van der Waals surface area contributed by atoms with Gasteiger partial charge < -0.3 is 9.30 Å². The van der Waals surface area contributed by atoms with Crippen LogP contribution in [0.1, 0.15) is 16.7 Å². The molecule has 7 heteroatoms. The molecule has 144 valence electrons. The molecule has 0 saturated heterocycles. The van der Waals surface area contributed by atoms with Crippen molar-refractivity contribution in [3.05, 3.63) is 69.0 Å². The number of hydrogen-bond acceptors (Lipinski definition) is 4. The van der Waals surface area contributed by atoms with Gasteiger partial charge in [0.25, 0.3) is 5.91 Å². The fourth-order valence-corrected chi connectivity index (χ4v) is 4.13. The van der Waals surface area contributed by atoms with Crippen molar-refractivity contribution in [2.45, 2.75) is 20.4 Å². The molecule has 28 heavy (non-hydrogen) atoms. The zero-order valence-corrected chi connectivity index (χ0v) is 17.3. The van der Waals surface area contributed by atoms with Crippen molar-refractivity contribution in [1.29, 1.82) is 0 Å². The van der Waals surface area contributed by atoms with Crippen LogP contribution in [0, 0.1) is 13.8 Å². The molecular weight excluding hydrogens is 396 g/mol. The Balaban J connectivity index is 2.06. The van der Waals surface area contributed by atoms with E-state index in [2.05, 4.69) is 11.1 Å². The largest absolute Gasteiger partial charge is 0.468 e. The predicted molar refractivity (Wildman–Crippen MR) is 112 cm³/mol. The van der Waals surface area contributed by atoms with E-state index in [-0.39, 0.29) is 6.54 Å². The topological polar surface area (TPSA) is 60.7 Å². The van der Waals surface area contributed by atoms with Gasteiger partial charge in [0.15, 0.2) is 4.80 Å². The number of fused-ring (bicyclic) bond motifs is 1. The average molecular weight is 415 g/mol. The van der Waals surface area contributed by atoms with E-state index in [1.54, 1.807) is 16.7 Å². The van der Waals surface area contributed by atoms with E-state index in [4.69, 9.17) is 16.3 Å². The highest BCUT2D eigenvalue weighted by molar-refractivity contribution is 7.16. The highest BCUT2D eigenvalue weighted by Gasteiger charge is 2.13. The number of rotatable bonds is 4. The Bertz CT molecular complexity index is 1160. The lowest BCUT2D eigenvalue weighted by Gasteiger charge is -2.05. The Morgan fingerprint density at radius 3 is 2.71 bits per heavy atom. The Morgan fingerprint density at radius 2 is 2.00 bits per heavy atom. The molecule has 0 aliphatic carbocycles. The van der Waals surface area contributed by atoms with Crippen LogP contribution in [-0.4, -0.2) is 23.6 Å². The van der Waals surface area contributed by atoms with Gasteiger partial charge in [0, 0.05) is 11.1 Å². The zero-order valence-electron chi connectivity index (χ0n) is 15.7. The van der Waals surface area contributed by atoms with Crippen molar-refractivity contribution in [1.82, 2.24) is 4.57 Å². The maximum absolute atomic E-state index is 12.4. The van der Waals surface area contributed by atoms with E-state index >= 15 is 0 Å². The van der Waals surface area contributed by atoms with Crippen molar-refractivity contribution in [2.75, 3.05) is 7.11 Å².